The maximum atomic E-state index is 13.3. The minimum absolute atomic E-state index is 0.153. The summed E-state index contributed by atoms with van der Waals surface area (Å²) in [6, 6.07) is 14.6. The van der Waals surface area contributed by atoms with E-state index >= 15 is 0 Å². The van der Waals surface area contributed by atoms with Gasteiger partial charge in [-0.1, -0.05) is 47.7 Å². The van der Waals surface area contributed by atoms with Gasteiger partial charge in [0.25, 0.3) is 0 Å². The minimum Gasteiger partial charge on any atom is -0.370 e. The van der Waals surface area contributed by atoms with Crippen molar-refractivity contribution in [1.82, 2.24) is 4.98 Å². The van der Waals surface area contributed by atoms with Crippen LogP contribution in [0.1, 0.15) is 23.1 Å². The summed E-state index contributed by atoms with van der Waals surface area (Å²) in [5.41, 5.74) is 4.61. The molecule has 0 unspecified atom stereocenters. The number of ether oxygens (including phenoxy) is 1. The number of rotatable bonds is 7. The fourth-order valence-corrected chi connectivity index (χ4v) is 5.20. The van der Waals surface area contributed by atoms with Crippen LogP contribution in [-0.2, 0) is 16.0 Å². The Bertz CT molecular complexity index is 996. The van der Waals surface area contributed by atoms with E-state index in [0.29, 0.717) is 13.0 Å². The highest BCUT2D eigenvalue weighted by Gasteiger charge is 2.23. The van der Waals surface area contributed by atoms with Gasteiger partial charge in [-0.2, -0.15) is 0 Å². The molecular weight excluding hydrogens is 394 g/mol. The Morgan fingerprint density at radius 1 is 1.17 bits per heavy atom. The summed E-state index contributed by atoms with van der Waals surface area (Å²) in [6.45, 7) is 9.44. The summed E-state index contributed by atoms with van der Waals surface area (Å²) < 4.78 is 6.63. The number of benzene rings is 2. The van der Waals surface area contributed by atoms with Crippen LogP contribution in [0.25, 0.3) is 10.2 Å². The van der Waals surface area contributed by atoms with E-state index in [1.807, 2.05) is 23.1 Å². The number of anilines is 1. The summed E-state index contributed by atoms with van der Waals surface area (Å²) in [7, 11) is 0. The Kier molecular flexibility index (Phi) is 6.77. The van der Waals surface area contributed by atoms with Crippen molar-refractivity contribution in [2.45, 2.75) is 26.7 Å². The van der Waals surface area contributed by atoms with Gasteiger partial charge in [-0.15, -0.1) is 0 Å². The van der Waals surface area contributed by atoms with Crippen LogP contribution >= 0.6 is 11.3 Å². The number of thiazole rings is 1. The van der Waals surface area contributed by atoms with Crippen LogP contribution < -0.4 is 9.80 Å². The van der Waals surface area contributed by atoms with Crippen LogP contribution in [0.15, 0.2) is 42.5 Å². The Labute approximate surface area is 182 Å². The fourth-order valence-electron chi connectivity index (χ4n) is 4.01. The van der Waals surface area contributed by atoms with E-state index < -0.39 is 0 Å². The van der Waals surface area contributed by atoms with Gasteiger partial charge in [-0.3, -0.25) is 9.69 Å². The number of carbonyl (C=O) groups excluding carboxylic acids is 1. The molecule has 1 amide bonds. The van der Waals surface area contributed by atoms with Crippen LogP contribution in [0.3, 0.4) is 0 Å². The van der Waals surface area contributed by atoms with Gasteiger partial charge >= 0.3 is 0 Å². The first kappa shape index (κ1) is 21.0. The maximum Gasteiger partial charge on any atom is 0.229 e. The molecule has 0 atom stereocenters. The summed E-state index contributed by atoms with van der Waals surface area (Å²) in [6.07, 6.45) is 1.25. The molecule has 0 spiro atoms. The Hall–Kier alpha value is -2.28. The number of fused-ring (bicyclic) bond motifs is 1. The van der Waals surface area contributed by atoms with E-state index in [4.69, 9.17) is 9.72 Å². The topological polar surface area (TPSA) is 46.9 Å². The lowest BCUT2D eigenvalue weighted by Gasteiger charge is -2.27. The standard InChI is InChI=1S/C24H29N3O2S/c1-18-16-19(2)23-21(17-18)30-24(25-23)27(11-10-26-12-14-29-15-13-26)22(28)9-8-20-6-4-3-5-7-20/h3-7,16-17H,8-15H2,1-2H3/p+1. The number of aryl methyl sites for hydroxylation is 3. The van der Waals surface area contributed by atoms with E-state index in [1.54, 1.807) is 11.3 Å². The van der Waals surface area contributed by atoms with Crippen molar-refractivity contribution in [2.24, 2.45) is 0 Å². The third-order valence-electron chi connectivity index (χ3n) is 5.71. The van der Waals surface area contributed by atoms with E-state index in [-0.39, 0.29) is 5.91 Å². The average molecular weight is 425 g/mol. The Balaban J connectivity index is 1.54. The van der Waals surface area contributed by atoms with Crippen molar-refractivity contribution in [3.8, 4) is 0 Å². The highest BCUT2D eigenvalue weighted by Crippen LogP contribution is 2.32. The van der Waals surface area contributed by atoms with Crippen LogP contribution in [-0.4, -0.2) is 50.3 Å². The molecule has 1 fully saturated rings. The number of aromatic nitrogens is 1. The van der Waals surface area contributed by atoms with Crippen LogP contribution in [0.5, 0.6) is 0 Å². The zero-order valence-corrected chi connectivity index (χ0v) is 18.6. The molecular formula is C24H30N3O2S+. The first-order valence-corrected chi connectivity index (χ1v) is 11.6. The van der Waals surface area contributed by atoms with Gasteiger partial charge in [0, 0.05) is 6.42 Å². The first-order chi connectivity index (χ1) is 14.6. The lowest BCUT2D eigenvalue weighted by atomic mass is 10.1. The predicted molar refractivity (Wildman–Crippen MR) is 123 cm³/mol. The number of carbonyl (C=O) groups is 1. The monoisotopic (exact) mass is 424 g/mol. The number of nitrogens with one attached hydrogen (secondary N) is 1. The molecule has 158 valence electrons. The molecule has 5 nitrogen and oxygen atoms in total. The van der Waals surface area contributed by atoms with Gasteiger partial charge in [0.2, 0.25) is 5.91 Å². The van der Waals surface area contributed by atoms with Gasteiger partial charge in [-0.25, -0.2) is 4.98 Å². The lowest BCUT2D eigenvalue weighted by Crippen LogP contribution is -3.14. The second-order valence-corrected chi connectivity index (χ2v) is 9.08. The van der Waals surface area contributed by atoms with Crippen LogP contribution in [0.4, 0.5) is 5.13 Å². The number of amides is 1. The molecule has 1 saturated heterocycles. The molecule has 0 bridgehead atoms. The Morgan fingerprint density at radius 2 is 1.93 bits per heavy atom. The molecule has 1 aromatic heterocycles. The molecule has 0 radical (unpaired) electrons. The molecule has 4 rings (SSSR count). The van der Waals surface area contributed by atoms with Gasteiger partial charge in [0.15, 0.2) is 5.13 Å². The van der Waals surface area contributed by atoms with E-state index in [2.05, 4.69) is 38.1 Å². The molecule has 6 heteroatoms. The molecule has 0 aliphatic carbocycles. The number of nitrogens with zero attached hydrogens (tertiary/aromatic N) is 2. The van der Waals surface area contributed by atoms with Crippen LogP contribution in [0, 0.1) is 13.8 Å². The third kappa shape index (κ3) is 5.06. The summed E-state index contributed by atoms with van der Waals surface area (Å²) >= 11 is 1.63. The third-order valence-corrected chi connectivity index (χ3v) is 6.74. The molecule has 3 aromatic rings. The molecule has 0 saturated carbocycles. The second-order valence-electron chi connectivity index (χ2n) is 8.07. The van der Waals surface area contributed by atoms with Crippen molar-refractivity contribution >= 4 is 32.6 Å². The van der Waals surface area contributed by atoms with Crippen molar-refractivity contribution in [2.75, 3.05) is 44.3 Å². The number of hydrogen-bond acceptors (Lipinski definition) is 4. The van der Waals surface area contributed by atoms with Gasteiger partial charge in [0.05, 0.1) is 36.5 Å². The smallest absolute Gasteiger partial charge is 0.229 e. The maximum absolute atomic E-state index is 13.3. The number of quaternary nitrogens is 1. The molecule has 2 heterocycles. The molecule has 1 aliphatic heterocycles. The van der Waals surface area contributed by atoms with Crippen molar-refractivity contribution in [3.05, 3.63) is 59.2 Å². The number of morpholine rings is 1. The minimum atomic E-state index is 0.153. The highest BCUT2D eigenvalue weighted by molar-refractivity contribution is 7.22. The van der Waals surface area contributed by atoms with Crippen LogP contribution in [0.2, 0.25) is 0 Å². The average Bonchev–Trinajstić information content (AvgIpc) is 3.18. The highest BCUT2D eigenvalue weighted by atomic mass is 32.1. The van der Waals surface area contributed by atoms with E-state index in [0.717, 1.165) is 54.6 Å². The largest absolute Gasteiger partial charge is 0.370 e. The second kappa shape index (κ2) is 9.69. The molecule has 30 heavy (non-hydrogen) atoms. The zero-order chi connectivity index (χ0) is 20.9. The summed E-state index contributed by atoms with van der Waals surface area (Å²) in [4.78, 5) is 21.6. The van der Waals surface area contributed by atoms with Crippen molar-refractivity contribution in [3.63, 3.8) is 0 Å². The predicted octanol–water partition coefficient (Wildman–Crippen LogP) is 2.79. The Morgan fingerprint density at radius 3 is 2.70 bits per heavy atom. The zero-order valence-electron chi connectivity index (χ0n) is 17.8. The van der Waals surface area contributed by atoms with Gasteiger partial charge in [0.1, 0.15) is 13.1 Å². The van der Waals surface area contributed by atoms with E-state index in [1.165, 1.54) is 21.6 Å². The summed E-state index contributed by atoms with van der Waals surface area (Å²) in [5.74, 6) is 0.153. The molecule has 2 aromatic carbocycles. The fraction of sp³-hybridized carbons (Fsp3) is 0.417. The quantitative estimate of drug-likeness (QED) is 0.635. The van der Waals surface area contributed by atoms with Crippen molar-refractivity contribution < 1.29 is 14.4 Å². The normalized spacial score (nSPS) is 14.9. The number of hydrogen-bond donors (Lipinski definition) is 1. The van der Waals surface area contributed by atoms with Crippen molar-refractivity contribution in [1.29, 1.82) is 0 Å². The first-order valence-electron chi connectivity index (χ1n) is 10.7. The lowest BCUT2D eigenvalue weighted by molar-refractivity contribution is -0.906. The molecule has 1 aliphatic rings. The van der Waals surface area contributed by atoms with Gasteiger partial charge < -0.3 is 9.64 Å². The summed E-state index contributed by atoms with van der Waals surface area (Å²) in [5, 5.41) is 0.824. The molecule has 1 N–H and O–H groups in total. The van der Waals surface area contributed by atoms with Gasteiger partial charge in [-0.05, 0) is 43.0 Å². The van der Waals surface area contributed by atoms with E-state index in [9.17, 15) is 4.79 Å². The SMILES string of the molecule is Cc1cc(C)c2nc(N(CC[NH+]3CCOCC3)C(=O)CCc3ccccc3)sc2c1.